The fourth-order valence-electron chi connectivity index (χ4n) is 3.42. The molecule has 9 nitrogen and oxygen atoms in total. The van der Waals surface area contributed by atoms with Gasteiger partial charge in [0.15, 0.2) is 0 Å². The Morgan fingerprint density at radius 1 is 1.08 bits per heavy atom. The van der Waals surface area contributed by atoms with Gasteiger partial charge in [-0.15, -0.1) is 0 Å². The van der Waals surface area contributed by atoms with Gasteiger partial charge in [0.2, 0.25) is 5.91 Å². The minimum absolute atomic E-state index is 0.0282. The smallest absolute Gasteiger partial charge is 0.418 e. The highest BCUT2D eigenvalue weighted by Crippen LogP contribution is 2.38. The maximum atomic E-state index is 13.3. The van der Waals surface area contributed by atoms with Crippen LogP contribution in [-0.2, 0) is 17.5 Å². The first-order valence-electron chi connectivity index (χ1n) is 11.2. The standard InChI is InChI=1S/C24H22ClF3N6O3/c1-2-37-22-31-10-14(11-32-22)20(35)34-23(7-8-23)21(36)30-12-16-4-5-17(13-29-16)33-19-6-3-15(25)9-18(19)24(26,27)28/h3-6,9-11,13,33H,2,7-8,12H2,1H3,(H,30,36)(H,34,35). The SMILES string of the molecule is CCOc1ncc(C(=O)NC2(C(=O)NCc3ccc(Nc4ccc(Cl)cc4C(F)(F)F)cn3)CC2)cn1. The number of pyridine rings is 1. The number of anilines is 2. The highest BCUT2D eigenvalue weighted by Gasteiger charge is 2.51. The molecule has 3 N–H and O–H groups in total. The Morgan fingerprint density at radius 3 is 2.41 bits per heavy atom. The van der Waals surface area contributed by atoms with Gasteiger partial charge in [-0.1, -0.05) is 11.6 Å². The van der Waals surface area contributed by atoms with Crippen LogP contribution in [0.25, 0.3) is 0 Å². The number of ether oxygens (including phenoxy) is 1. The van der Waals surface area contributed by atoms with Gasteiger partial charge < -0.3 is 20.7 Å². The predicted octanol–water partition coefficient (Wildman–Crippen LogP) is 4.26. The van der Waals surface area contributed by atoms with Crippen molar-refractivity contribution in [1.82, 2.24) is 25.6 Å². The zero-order valence-electron chi connectivity index (χ0n) is 19.5. The van der Waals surface area contributed by atoms with Crippen LogP contribution >= 0.6 is 11.6 Å². The van der Waals surface area contributed by atoms with E-state index in [1.54, 1.807) is 19.1 Å². The van der Waals surface area contributed by atoms with Crippen LogP contribution < -0.4 is 20.7 Å². The summed E-state index contributed by atoms with van der Waals surface area (Å²) in [6, 6.07) is 6.70. The van der Waals surface area contributed by atoms with Crippen molar-refractivity contribution in [2.45, 2.75) is 38.0 Å². The molecule has 0 atom stereocenters. The lowest BCUT2D eigenvalue weighted by atomic mass is 10.1. The third-order valence-corrected chi connectivity index (χ3v) is 5.76. The van der Waals surface area contributed by atoms with Crippen LogP contribution in [-0.4, -0.2) is 38.9 Å². The summed E-state index contributed by atoms with van der Waals surface area (Å²) in [6.45, 7) is 2.25. The Hall–Kier alpha value is -3.93. The summed E-state index contributed by atoms with van der Waals surface area (Å²) in [7, 11) is 0. The van der Waals surface area contributed by atoms with Crippen molar-refractivity contribution in [3.8, 4) is 6.01 Å². The van der Waals surface area contributed by atoms with Crippen LogP contribution in [0.15, 0.2) is 48.9 Å². The molecule has 2 amide bonds. The molecule has 0 unspecified atom stereocenters. The van der Waals surface area contributed by atoms with Gasteiger partial charge in [0, 0.05) is 17.4 Å². The number of nitrogens with zero attached hydrogens (tertiary/aromatic N) is 3. The maximum Gasteiger partial charge on any atom is 0.418 e. The van der Waals surface area contributed by atoms with Crippen LogP contribution in [0.1, 0.15) is 41.4 Å². The molecule has 0 bridgehead atoms. The van der Waals surface area contributed by atoms with Gasteiger partial charge in [0.25, 0.3) is 5.91 Å². The van der Waals surface area contributed by atoms with Gasteiger partial charge in [-0.2, -0.15) is 13.2 Å². The van der Waals surface area contributed by atoms with E-state index in [9.17, 15) is 22.8 Å². The summed E-state index contributed by atoms with van der Waals surface area (Å²) in [5.74, 6) is -0.850. The lowest BCUT2D eigenvalue weighted by Gasteiger charge is -2.17. The van der Waals surface area contributed by atoms with E-state index < -0.39 is 23.2 Å². The van der Waals surface area contributed by atoms with Crippen molar-refractivity contribution in [2.24, 2.45) is 0 Å². The molecule has 0 spiro atoms. The van der Waals surface area contributed by atoms with Crippen molar-refractivity contribution in [3.63, 3.8) is 0 Å². The first-order chi connectivity index (χ1) is 17.6. The molecule has 0 radical (unpaired) electrons. The summed E-state index contributed by atoms with van der Waals surface area (Å²) in [5, 5.41) is 8.12. The van der Waals surface area contributed by atoms with E-state index >= 15 is 0 Å². The van der Waals surface area contributed by atoms with Crippen molar-refractivity contribution >= 4 is 34.8 Å². The predicted molar refractivity (Wildman–Crippen MR) is 128 cm³/mol. The van der Waals surface area contributed by atoms with Crippen molar-refractivity contribution in [2.75, 3.05) is 11.9 Å². The number of alkyl halides is 3. The fraction of sp³-hybridized carbons (Fsp3) is 0.292. The zero-order chi connectivity index (χ0) is 26.6. The van der Waals surface area contributed by atoms with E-state index in [0.29, 0.717) is 30.8 Å². The number of nitrogens with one attached hydrogen (secondary N) is 3. The van der Waals surface area contributed by atoms with Crippen molar-refractivity contribution < 1.29 is 27.5 Å². The summed E-state index contributed by atoms with van der Waals surface area (Å²) >= 11 is 5.71. The molecule has 1 aromatic carbocycles. The second-order valence-electron chi connectivity index (χ2n) is 8.26. The minimum atomic E-state index is -4.58. The van der Waals surface area contributed by atoms with Crippen LogP contribution in [0.5, 0.6) is 6.01 Å². The second-order valence-corrected chi connectivity index (χ2v) is 8.69. The quantitative estimate of drug-likeness (QED) is 0.375. The van der Waals surface area contributed by atoms with E-state index in [1.165, 1.54) is 30.7 Å². The third kappa shape index (κ3) is 6.45. The Labute approximate surface area is 214 Å². The summed E-state index contributed by atoms with van der Waals surface area (Å²) < 4.78 is 45.1. The Balaban J connectivity index is 1.33. The molecule has 1 fully saturated rings. The molecule has 3 aromatic rings. The van der Waals surface area contributed by atoms with E-state index in [-0.39, 0.29) is 34.7 Å². The molecular weight excluding hydrogens is 513 g/mol. The Morgan fingerprint density at radius 2 is 1.81 bits per heavy atom. The minimum Gasteiger partial charge on any atom is -0.464 e. The number of carbonyl (C=O) groups excluding carboxylic acids is 2. The highest BCUT2D eigenvalue weighted by atomic mass is 35.5. The number of carbonyl (C=O) groups is 2. The molecule has 2 heterocycles. The largest absolute Gasteiger partial charge is 0.464 e. The number of hydrogen-bond acceptors (Lipinski definition) is 7. The van der Waals surface area contributed by atoms with Crippen molar-refractivity contribution in [1.29, 1.82) is 0 Å². The lowest BCUT2D eigenvalue weighted by Crippen LogP contribution is -2.48. The third-order valence-electron chi connectivity index (χ3n) is 5.52. The number of aromatic nitrogens is 3. The monoisotopic (exact) mass is 534 g/mol. The molecule has 2 aromatic heterocycles. The summed E-state index contributed by atoms with van der Waals surface area (Å²) in [4.78, 5) is 37.4. The average molecular weight is 535 g/mol. The van der Waals surface area contributed by atoms with Gasteiger partial charge in [-0.05, 0) is 50.1 Å². The van der Waals surface area contributed by atoms with Crippen LogP contribution in [0.2, 0.25) is 5.02 Å². The summed E-state index contributed by atoms with van der Waals surface area (Å²) in [6.07, 6.45) is 0.365. The molecule has 13 heteroatoms. The van der Waals surface area contributed by atoms with Crippen LogP contribution in [0.3, 0.4) is 0 Å². The van der Waals surface area contributed by atoms with Gasteiger partial charge in [-0.3, -0.25) is 14.6 Å². The normalized spacial score (nSPS) is 14.0. The fourth-order valence-corrected chi connectivity index (χ4v) is 3.59. The number of amides is 2. The van der Waals surface area contributed by atoms with Gasteiger partial charge in [0.05, 0.1) is 47.5 Å². The van der Waals surface area contributed by atoms with E-state index in [0.717, 1.165) is 6.07 Å². The van der Waals surface area contributed by atoms with E-state index in [1.807, 2.05) is 0 Å². The molecule has 37 heavy (non-hydrogen) atoms. The molecule has 4 rings (SSSR count). The Kier molecular flexibility index (Phi) is 7.48. The zero-order valence-corrected chi connectivity index (χ0v) is 20.3. The van der Waals surface area contributed by atoms with Crippen LogP contribution in [0.4, 0.5) is 24.5 Å². The number of benzene rings is 1. The first kappa shape index (κ1) is 26.1. The molecule has 194 valence electrons. The van der Waals surface area contributed by atoms with Crippen molar-refractivity contribution in [3.05, 3.63) is 70.8 Å². The number of rotatable bonds is 9. The molecule has 0 aliphatic heterocycles. The highest BCUT2D eigenvalue weighted by molar-refractivity contribution is 6.30. The Bertz CT molecular complexity index is 1280. The number of hydrogen-bond donors (Lipinski definition) is 3. The second kappa shape index (κ2) is 10.6. The maximum absolute atomic E-state index is 13.3. The lowest BCUT2D eigenvalue weighted by molar-refractivity contribution is -0.137. The molecular formula is C24H22ClF3N6O3. The topological polar surface area (TPSA) is 118 Å². The van der Waals surface area contributed by atoms with Gasteiger partial charge >= 0.3 is 12.2 Å². The van der Waals surface area contributed by atoms with Crippen LogP contribution in [0, 0.1) is 0 Å². The first-order valence-corrected chi connectivity index (χ1v) is 11.6. The molecule has 1 aliphatic carbocycles. The number of halogens is 4. The van der Waals surface area contributed by atoms with E-state index in [4.69, 9.17) is 16.3 Å². The van der Waals surface area contributed by atoms with Gasteiger partial charge in [-0.25, -0.2) is 9.97 Å². The van der Waals surface area contributed by atoms with E-state index in [2.05, 4.69) is 30.9 Å². The van der Waals surface area contributed by atoms with Gasteiger partial charge in [0.1, 0.15) is 5.54 Å². The molecule has 1 saturated carbocycles. The molecule has 0 saturated heterocycles. The average Bonchev–Trinajstić information content (AvgIpc) is 3.65. The summed E-state index contributed by atoms with van der Waals surface area (Å²) in [5.41, 5.74) is -1.09. The molecule has 1 aliphatic rings.